The molecule has 508 valence electrons. The number of nitrogens with one attached hydrogen (secondary N) is 2. The quantitative estimate of drug-likeness (QED) is 0.0566. The summed E-state index contributed by atoms with van der Waals surface area (Å²) in [6, 6.07) is 65.6. The smallest absolute Gasteiger partial charge is 0.423 e. The highest BCUT2D eigenvalue weighted by molar-refractivity contribution is 9.11. The number of hydrogen-bond donors (Lipinski definition) is 5. The number of aromatic nitrogens is 9. The minimum Gasteiger partial charge on any atom is -0.423 e. The van der Waals surface area contributed by atoms with E-state index in [1.54, 1.807) is 68.7 Å². The van der Waals surface area contributed by atoms with Gasteiger partial charge in [0.25, 0.3) is 16.7 Å². The van der Waals surface area contributed by atoms with Crippen LogP contribution in [0.5, 0.6) is 0 Å². The molecular formula is C77H65BBr2Cl4N12O5. The molecule has 0 saturated heterocycles. The van der Waals surface area contributed by atoms with Crippen molar-refractivity contribution >= 4 is 135 Å². The Balaban J connectivity index is 0.000000148. The van der Waals surface area contributed by atoms with Crippen LogP contribution in [0.4, 0.5) is 11.6 Å². The van der Waals surface area contributed by atoms with Gasteiger partial charge >= 0.3 is 7.12 Å². The molecule has 3 atom stereocenters. The minimum absolute atomic E-state index is 0.142. The highest BCUT2D eigenvalue weighted by Crippen LogP contribution is 2.33. The van der Waals surface area contributed by atoms with E-state index >= 15 is 0 Å². The van der Waals surface area contributed by atoms with Crippen molar-refractivity contribution in [3.63, 3.8) is 0 Å². The van der Waals surface area contributed by atoms with Gasteiger partial charge in [0.05, 0.1) is 52.3 Å². The summed E-state index contributed by atoms with van der Waals surface area (Å²) in [5, 5.41) is 30.0. The van der Waals surface area contributed by atoms with Crippen LogP contribution in [0.25, 0.3) is 60.5 Å². The van der Waals surface area contributed by atoms with Crippen molar-refractivity contribution in [1.82, 2.24) is 43.6 Å². The maximum absolute atomic E-state index is 13.7. The average molecular weight is 1550 g/mol. The second-order valence-corrected chi connectivity index (χ2v) is 26.4. The first-order chi connectivity index (χ1) is 48.7. The molecule has 0 unspecified atom stereocenters. The molecule has 0 spiro atoms. The molecule has 17 nitrogen and oxygen atoms in total. The molecular weight excluding hydrogens is 1490 g/mol. The Morgan fingerprint density at radius 2 is 0.832 bits per heavy atom. The molecule has 0 amide bonds. The van der Waals surface area contributed by atoms with E-state index in [0.717, 1.165) is 81.5 Å². The van der Waals surface area contributed by atoms with Crippen molar-refractivity contribution < 1.29 is 10.0 Å². The summed E-state index contributed by atoms with van der Waals surface area (Å²) < 4.78 is 6.53. The van der Waals surface area contributed by atoms with Gasteiger partial charge in [0.15, 0.2) is 0 Å². The molecule has 0 radical (unpaired) electrons. The lowest BCUT2D eigenvalue weighted by Crippen LogP contribution is -2.29. The van der Waals surface area contributed by atoms with E-state index in [4.69, 9.17) is 62.2 Å². The van der Waals surface area contributed by atoms with Gasteiger partial charge in [0.2, 0.25) is 0 Å². The Kier molecular flexibility index (Phi) is 25.3. The van der Waals surface area contributed by atoms with E-state index in [1.165, 1.54) is 19.0 Å². The van der Waals surface area contributed by atoms with Crippen molar-refractivity contribution in [2.45, 2.75) is 52.7 Å². The molecule has 101 heavy (non-hydrogen) atoms. The molecule has 0 saturated carbocycles. The molecule has 0 fully saturated rings. The Morgan fingerprint density at radius 1 is 0.446 bits per heavy atom. The number of halogens is 6. The summed E-state index contributed by atoms with van der Waals surface area (Å²) in [6.45, 7) is 9.84. The van der Waals surface area contributed by atoms with E-state index < -0.39 is 7.12 Å². The minimum atomic E-state index is -1.35. The first kappa shape index (κ1) is 74.0. The summed E-state index contributed by atoms with van der Waals surface area (Å²) in [6.07, 6.45) is 9.47. The maximum atomic E-state index is 13.7. The van der Waals surface area contributed by atoms with Crippen LogP contribution in [0.3, 0.4) is 0 Å². The van der Waals surface area contributed by atoms with Crippen molar-refractivity contribution in [2.24, 2.45) is 5.73 Å². The van der Waals surface area contributed by atoms with Gasteiger partial charge in [-0.25, -0.2) is 29.9 Å². The Bertz CT molecular complexity index is 5390. The van der Waals surface area contributed by atoms with Gasteiger partial charge in [-0.3, -0.25) is 28.1 Å². The standard InChI is InChI=1S/C28H23ClN4O.C21H16BrClN4O.C17H15ClN2O.C7H9BO2.C4H2BrClN2/c1-18-8-6-9-20(14-18)23-16-30-17-31-27(23)32-19(2)25-15-21-10-7-13-24(29)26(21)28(34)33(25)22-11-4-3-5-12-22;1-13(26-20-16(22)11-24-12-25-20)18-10-14-6-5-9-17(23)19(14)21(28)27(18)15-7-3-2-4-8-15;1-11(19)15-10-12-6-5-9-14(18)16(12)17(21)20(15)13-7-3-2-4-8-13;1-6-3-2-4-7(5-6)8(9)10;5-3-1-7-2-8-4(3)6/h3-17,19H,1-2H3,(H,30,31,32);2-13H,1H3,(H,24,25,26);2-11H,19H2,1H3;2-5,9-10H,1H3;1-2H/t19-;13-;11-;;/m000../s1. The fourth-order valence-corrected chi connectivity index (χ4v) is 12.5. The number of rotatable bonds is 12. The number of para-hydroxylation sites is 3. The topological polar surface area (TPSA) is 234 Å². The predicted octanol–water partition coefficient (Wildman–Crippen LogP) is 17.2. The zero-order chi connectivity index (χ0) is 71.9. The number of benzene rings is 8. The number of aryl methyl sites for hydroxylation is 2. The summed E-state index contributed by atoms with van der Waals surface area (Å²) >= 11 is 31.1. The first-order valence-corrected chi connectivity index (χ1v) is 34.6. The van der Waals surface area contributed by atoms with E-state index in [-0.39, 0.29) is 34.8 Å². The fraction of sp³-hybridized carbons (Fsp3) is 0.104. The van der Waals surface area contributed by atoms with Crippen molar-refractivity contribution in [2.75, 3.05) is 10.6 Å². The number of hydrogen-bond acceptors (Lipinski definition) is 14. The van der Waals surface area contributed by atoms with Crippen LogP contribution in [0.1, 0.15) is 67.1 Å². The normalized spacial score (nSPS) is 11.7. The lowest BCUT2D eigenvalue weighted by molar-refractivity contribution is 0.425. The molecule has 0 aliphatic rings. The first-order valence-electron chi connectivity index (χ1n) is 31.5. The largest absolute Gasteiger partial charge is 0.488 e. The predicted molar refractivity (Wildman–Crippen MR) is 418 cm³/mol. The van der Waals surface area contributed by atoms with Crippen molar-refractivity contribution in [3.8, 4) is 28.2 Å². The van der Waals surface area contributed by atoms with Gasteiger partial charge in [0.1, 0.15) is 35.8 Å². The Morgan fingerprint density at radius 3 is 1.23 bits per heavy atom. The number of pyridine rings is 3. The van der Waals surface area contributed by atoms with Crippen molar-refractivity contribution in [1.29, 1.82) is 0 Å². The van der Waals surface area contributed by atoms with E-state index in [2.05, 4.69) is 91.5 Å². The third-order valence-electron chi connectivity index (χ3n) is 15.8. The second kappa shape index (κ2) is 34.6. The van der Waals surface area contributed by atoms with Crippen LogP contribution >= 0.6 is 78.3 Å². The molecule has 0 aliphatic heterocycles. The molecule has 6 aromatic heterocycles. The van der Waals surface area contributed by atoms with E-state index in [9.17, 15) is 14.4 Å². The zero-order valence-corrected chi connectivity index (χ0v) is 61.2. The molecule has 8 aromatic carbocycles. The molecule has 0 aliphatic carbocycles. The lowest BCUT2D eigenvalue weighted by atomic mass is 9.80. The Hall–Kier alpha value is -9.71. The van der Waals surface area contributed by atoms with Crippen LogP contribution in [-0.4, -0.2) is 60.8 Å². The monoisotopic (exact) mass is 1550 g/mol. The average Bonchev–Trinajstić information content (AvgIpc) is 0.773. The highest BCUT2D eigenvalue weighted by Gasteiger charge is 2.22. The van der Waals surface area contributed by atoms with Gasteiger partial charge in [-0.15, -0.1) is 0 Å². The Labute approximate surface area is 619 Å². The summed E-state index contributed by atoms with van der Waals surface area (Å²) in [7, 11) is -1.35. The zero-order valence-electron chi connectivity index (χ0n) is 55.0. The number of anilines is 2. The maximum Gasteiger partial charge on any atom is 0.488 e. The summed E-state index contributed by atoms with van der Waals surface area (Å²) in [5.74, 6) is 1.35. The van der Waals surface area contributed by atoms with Crippen LogP contribution in [0.15, 0.2) is 273 Å². The van der Waals surface area contributed by atoms with E-state index in [1.807, 2.05) is 191 Å². The van der Waals surface area contributed by atoms with Crippen molar-refractivity contribution in [3.05, 3.63) is 338 Å². The van der Waals surface area contributed by atoms with Gasteiger partial charge in [-0.2, -0.15) is 0 Å². The summed E-state index contributed by atoms with van der Waals surface area (Å²) in [5.41, 5.74) is 15.0. The van der Waals surface area contributed by atoms with Gasteiger partial charge in [-0.05, 0) is 166 Å². The molecule has 6 N–H and O–H groups in total. The van der Waals surface area contributed by atoms with Crippen LogP contribution in [0, 0.1) is 13.8 Å². The van der Waals surface area contributed by atoms with E-state index in [0.29, 0.717) is 53.5 Å². The van der Waals surface area contributed by atoms with Crippen LogP contribution < -0.4 is 38.5 Å². The van der Waals surface area contributed by atoms with Crippen LogP contribution in [-0.2, 0) is 0 Å². The highest BCUT2D eigenvalue weighted by atomic mass is 79.9. The molecule has 24 heteroatoms. The third-order valence-corrected chi connectivity index (χ3v) is 18.5. The lowest BCUT2D eigenvalue weighted by Gasteiger charge is -2.22. The molecule has 6 heterocycles. The number of nitrogens with zero attached hydrogens (tertiary/aromatic N) is 9. The molecule has 0 bridgehead atoms. The van der Waals surface area contributed by atoms with Gasteiger partial charge < -0.3 is 26.4 Å². The SMILES string of the molecule is C[C@H](N)c1cc2cccc(Cl)c2c(=O)n1-c1ccccc1.C[C@H](Nc1ncncc1Br)c1cc2cccc(Cl)c2c(=O)n1-c1ccccc1.Cc1cccc(-c2cncnc2N[C@@H](C)c2cc3cccc(Cl)c3c(=O)n2-c2ccccc2)c1.Cc1cccc(B(O)O)c1.Clc1ncncc1Br. The second-order valence-electron chi connectivity index (χ2n) is 23.1. The molecule has 14 aromatic rings. The number of nitrogens with two attached hydrogens (primary N) is 1. The van der Waals surface area contributed by atoms with Crippen LogP contribution in [0.2, 0.25) is 20.2 Å². The van der Waals surface area contributed by atoms with Gasteiger partial charge in [0, 0.05) is 64.3 Å². The number of fused-ring (bicyclic) bond motifs is 3. The fourth-order valence-electron chi connectivity index (χ4n) is 11.1. The molecule has 14 rings (SSSR count). The summed E-state index contributed by atoms with van der Waals surface area (Å²) in [4.78, 5) is 64.4. The third kappa shape index (κ3) is 18.1. The van der Waals surface area contributed by atoms with Gasteiger partial charge in [-0.1, -0.05) is 197 Å².